The van der Waals surface area contributed by atoms with Gasteiger partial charge in [0.2, 0.25) is 11.8 Å². The van der Waals surface area contributed by atoms with E-state index >= 15 is 0 Å². The van der Waals surface area contributed by atoms with Crippen molar-refractivity contribution in [2.45, 2.75) is 30.8 Å². The molecular formula is C18H26ClN3O5. The molecule has 2 fully saturated rings. The van der Waals surface area contributed by atoms with Crippen molar-refractivity contribution in [3.05, 3.63) is 18.2 Å². The fourth-order valence-electron chi connectivity index (χ4n) is 3.28. The van der Waals surface area contributed by atoms with E-state index in [0.717, 1.165) is 0 Å². The van der Waals surface area contributed by atoms with Gasteiger partial charge >= 0.3 is 0 Å². The van der Waals surface area contributed by atoms with Crippen LogP contribution in [0.25, 0.3) is 0 Å². The second-order valence-corrected chi connectivity index (χ2v) is 6.64. The van der Waals surface area contributed by atoms with Gasteiger partial charge in [0.05, 0.1) is 25.4 Å². The first-order valence-corrected chi connectivity index (χ1v) is 8.69. The normalized spacial score (nSPS) is 21.4. The minimum atomic E-state index is -0.967. The predicted octanol–water partition coefficient (Wildman–Crippen LogP) is 0.855. The van der Waals surface area contributed by atoms with E-state index in [1.165, 1.54) is 0 Å². The lowest BCUT2D eigenvalue weighted by atomic mass is 9.90. The van der Waals surface area contributed by atoms with Crippen LogP contribution in [-0.2, 0) is 14.3 Å². The Kier molecular flexibility index (Phi) is 6.91. The van der Waals surface area contributed by atoms with Crippen molar-refractivity contribution in [3.63, 3.8) is 0 Å². The number of carbonyl (C=O) groups excluding carboxylic acids is 2. The van der Waals surface area contributed by atoms with Crippen LogP contribution >= 0.6 is 12.4 Å². The molecule has 0 saturated carbocycles. The van der Waals surface area contributed by atoms with Gasteiger partial charge in [0.1, 0.15) is 17.5 Å². The van der Waals surface area contributed by atoms with E-state index in [2.05, 4.69) is 5.32 Å². The Bertz CT molecular complexity index is 671. The summed E-state index contributed by atoms with van der Waals surface area (Å²) in [7, 11) is 3.12. The SMILES string of the molecule is COc1cc(OC)cc(N2CCC(NC(=O)C3(N)CCOCC3)C2=O)c1.Cl. The molecule has 1 unspecified atom stereocenters. The molecule has 3 N–H and O–H groups in total. The molecule has 2 saturated heterocycles. The van der Waals surface area contributed by atoms with Crippen LogP contribution in [0, 0.1) is 0 Å². The zero-order valence-corrected chi connectivity index (χ0v) is 16.3. The topological polar surface area (TPSA) is 103 Å². The minimum absolute atomic E-state index is 0. The van der Waals surface area contributed by atoms with Gasteiger partial charge in [0.25, 0.3) is 0 Å². The van der Waals surface area contributed by atoms with Crippen molar-refractivity contribution in [2.24, 2.45) is 5.73 Å². The molecule has 1 aromatic rings. The fourth-order valence-corrected chi connectivity index (χ4v) is 3.28. The summed E-state index contributed by atoms with van der Waals surface area (Å²) in [6, 6.07) is 4.70. The summed E-state index contributed by atoms with van der Waals surface area (Å²) < 4.78 is 15.8. The Labute approximate surface area is 164 Å². The molecular weight excluding hydrogens is 374 g/mol. The third-order valence-electron chi connectivity index (χ3n) is 5.00. The summed E-state index contributed by atoms with van der Waals surface area (Å²) in [6.45, 7) is 1.41. The quantitative estimate of drug-likeness (QED) is 0.761. The first-order chi connectivity index (χ1) is 12.5. The van der Waals surface area contributed by atoms with Crippen LogP contribution < -0.4 is 25.4 Å². The van der Waals surface area contributed by atoms with Gasteiger partial charge in [-0.25, -0.2) is 0 Å². The summed E-state index contributed by atoms with van der Waals surface area (Å²) in [4.78, 5) is 27.0. The van der Waals surface area contributed by atoms with Crippen LogP contribution in [-0.4, -0.2) is 57.4 Å². The number of amides is 2. The number of hydrogen-bond acceptors (Lipinski definition) is 6. The van der Waals surface area contributed by atoms with E-state index in [0.29, 0.717) is 56.2 Å². The van der Waals surface area contributed by atoms with Crippen molar-refractivity contribution in [1.82, 2.24) is 5.32 Å². The monoisotopic (exact) mass is 399 g/mol. The first-order valence-electron chi connectivity index (χ1n) is 8.69. The van der Waals surface area contributed by atoms with Crippen molar-refractivity contribution in [3.8, 4) is 11.5 Å². The number of nitrogens with zero attached hydrogens (tertiary/aromatic N) is 1. The summed E-state index contributed by atoms with van der Waals surface area (Å²) in [6.07, 6.45) is 1.43. The largest absolute Gasteiger partial charge is 0.497 e. The Morgan fingerprint density at radius 3 is 2.37 bits per heavy atom. The Hall–Kier alpha value is -2.03. The van der Waals surface area contributed by atoms with E-state index in [1.807, 2.05) is 0 Å². The number of benzene rings is 1. The van der Waals surface area contributed by atoms with Gasteiger partial charge in [-0.15, -0.1) is 12.4 Å². The number of ether oxygens (including phenoxy) is 3. The van der Waals surface area contributed by atoms with Gasteiger partial charge in [0.15, 0.2) is 0 Å². The first kappa shape index (κ1) is 21.3. The third-order valence-corrected chi connectivity index (χ3v) is 5.00. The maximum Gasteiger partial charge on any atom is 0.249 e. The molecule has 8 nitrogen and oxygen atoms in total. The van der Waals surface area contributed by atoms with Gasteiger partial charge < -0.3 is 30.2 Å². The van der Waals surface area contributed by atoms with E-state index in [1.54, 1.807) is 37.3 Å². The number of nitrogens with two attached hydrogens (primary N) is 1. The molecule has 9 heteroatoms. The van der Waals surface area contributed by atoms with Crippen molar-refractivity contribution < 1.29 is 23.8 Å². The summed E-state index contributed by atoms with van der Waals surface area (Å²) in [5, 5.41) is 2.82. The number of nitrogens with one attached hydrogen (secondary N) is 1. The highest BCUT2D eigenvalue weighted by molar-refractivity contribution is 6.02. The smallest absolute Gasteiger partial charge is 0.249 e. The van der Waals surface area contributed by atoms with Gasteiger partial charge in [-0.2, -0.15) is 0 Å². The third kappa shape index (κ3) is 4.45. The van der Waals surface area contributed by atoms with Gasteiger partial charge in [0, 0.05) is 38.0 Å². The van der Waals surface area contributed by atoms with Gasteiger partial charge in [-0.05, 0) is 19.3 Å². The lowest BCUT2D eigenvalue weighted by molar-refractivity contribution is -0.132. The van der Waals surface area contributed by atoms with Crippen LogP contribution in [0.15, 0.2) is 18.2 Å². The van der Waals surface area contributed by atoms with E-state index < -0.39 is 11.6 Å². The average molecular weight is 400 g/mol. The molecule has 0 bridgehead atoms. The van der Waals surface area contributed by atoms with Gasteiger partial charge in [-0.3, -0.25) is 9.59 Å². The summed E-state index contributed by atoms with van der Waals surface area (Å²) in [5.41, 5.74) is 5.91. The Morgan fingerprint density at radius 1 is 1.22 bits per heavy atom. The maximum atomic E-state index is 12.8. The number of carbonyl (C=O) groups is 2. The van der Waals surface area contributed by atoms with Crippen LogP contribution in [0.3, 0.4) is 0 Å². The predicted molar refractivity (Wildman–Crippen MR) is 103 cm³/mol. The van der Waals surface area contributed by atoms with Crippen LogP contribution in [0.4, 0.5) is 5.69 Å². The molecule has 150 valence electrons. The van der Waals surface area contributed by atoms with Crippen molar-refractivity contribution >= 4 is 29.9 Å². The molecule has 1 aromatic carbocycles. The molecule has 1 atom stereocenters. The molecule has 3 rings (SSSR count). The number of halogens is 1. The lowest BCUT2D eigenvalue weighted by Crippen LogP contribution is -2.59. The van der Waals surface area contributed by atoms with Crippen LogP contribution in [0.5, 0.6) is 11.5 Å². The molecule has 0 spiro atoms. The zero-order valence-electron chi connectivity index (χ0n) is 15.5. The number of hydrogen-bond donors (Lipinski definition) is 2. The van der Waals surface area contributed by atoms with Crippen molar-refractivity contribution in [2.75, 3.05) is 38.9 Å². The molecule has 0 radical (unpaired) electrons. The molecule has 2 amide bonds. The average Bonchev–Trinajstić information content (AvgIpc) is 3.02. The number of rotatable bonds is 5. The maximum absolute atomic E-state index is 12.8. The number of anilines is 1. The number of methoxy groups -OCH3 is 2. The molecule has 2 aliphatic rings. The van der Waals surface area contributed by atoms with Gasteiger partial charge in [-0.1, -0.05) is 0 Å². The van der Waals surface area contributed by atoms with E-state index in [4.69, 9.17) is 19.9 Å². The van der Waals surface area contributed by atoms with E-state index in [-0.39, 0.29) is 24.2 Å². The van der Waals surface area contributed by atoms with E-state index in [9.17, 15) is 9.59 Å². The van der Waals surface area contributed by atoms with Crippen molar-refractivity contribution in [1.29, 1.82) is 0 Å². The highest BCUT2D eigenvalue weighted by Gasteiger charge is 2.40. The van der Waals surface area contributed by atoms with Crippen LogP contribution in [0.1, 0.15) is 19.3 Å². The minimum Gasteiger partial charge on any atom is -0.497 e. The summed E-state index contributed by atoms with van der Waals surface area (Å²) in [5.74, 6) is 0.749. The fraction of sp³-hybridized carbons (Fsp3) is 0.556. The Morgan fingerprint density at radius 2 is 1.81 bits per heavy atom. The standard InChI is InChI=1S/C18H25N3O5.ClH/c1-24-13-9-12(10-14(11-13)25-2)21-6-3-15(16(21)22)20-17(23)18(19)4-7-26-8-5-18;/h9-11,15H,3-8,19H2,1-2H3,(H,20,23);1H. The highest BCUT2D eigenvalue weighted by atomic mass is 35.5. The molecule has 0 aliphatic carbocycles. The molecule has 2 heterocycles. The van der Waals surface area contributed by atoms with Crippen LogP contribution in [0.2, 0.25) is 0 Å². The molecule has 27 heavy (non-hydrogen) atoms. The summed E-state index contributed by atoms with van der Waals surface area (Å²) >= 11 is 0. The molecule has 0 aromatic heterocycles. The highest BCUT2D eigenvalue weighted by Crippen LogP contribution is 2.31. The molecule has 2 aliphatic heterocycles. The lowest BCUT2D eigenvalue weighted by Gasteiger charge is -2.32. The second kappa shape index (κ2) is 8.77. The second-order valence-electron chi connectivity index (χ2n) is 6.64. The Balaban J connectivity index is 0.00000261. The zero-order chi connectivity index (χ0) is 18.7.